The number of carbonyl (C=O) groups is 2. The Balaban J connectivity index is 1.46. The van der Waals surface area contributed by atoms with Crippen molar-refractivity contribution in [3.63, 3.8) is 0 Å². The number of rotatable bonds is 6. The van der Waals surface area contributed by atoms with E-state index in [1.165, 1.54) is 0 Å². The van der Waals surface area contributed by atoms with Crippen molar-refractivity contribution >= 4 is 11.8 Å². The van der Waals surface area contributed by atoms with Gasteiger partial charge in [-0.15, -0.1) is 0 Å². The second kappa shape index (κ2) is 7.70. The van der Waals surface area contributed by atoms with Crippen molar-refractivity contribution in [3.8, 4) is 11.5 Å². The number of nitrogens with one attached hydrogen (secondary N) is 2. The van der Waals surface area contributed by atoms with Crippen LogP contribution in [-0.2, 0) is 16.0 Å². The van der Waals surface area contributed by atoms with Crippen LogP contribution in [0.2, 0.25) is 0 Å². The van der Waals surface area contributed by atoms with Crippen LogP contribution < -0.4 is 20.1 Å². The average molecular weight is 340 g/mol. The molecule has 0 radical (unpaired) electrons. The van der Waals surface area contributed by atoms with Gasteiger partial charge < -0.3 is 20.1 Å². The van der Waals surface area contributed by atoms with Crippen molar-refractivity contribution in [1.29, 1.82) is 0 Å². The van der Waals surface area contributed by atoms with Crippen molar-refractivity contribution in [3.05, 3.63) is 59.7 Å². The molecule has 0 aliphatic carbocycles. The van der Waals surface area contributed by atoms with Gasteiger partial charge in [-0.25, -0.2) is 0 Å². The summed E-state index contributed by atoms with van der Waals surface area (Å²) in [5, 5.41) is 5.49. The van der Waals surface area contributed by atoms with E-state index in [1.807, 2.05) is 55.5 Å². The first-order valence-electron chi connectivity index (χ1n) is 8.11. The minimum absolute atomic E-state index is 0.0550. The van der Waals surface area contributed by atoms with Crippen LogP contribution in [0.1, 0.15) is 24.1 Å². The van der Waals surface area contributed by atoms with Crippen molar-refractivity contribution in [2.24, 2.45) is 0 Å². The van der Waals surface area contributed by atoms with Gasteiger partial charge in [-0.2, -0.15) is 0 Å². The molecule has 2 amide bonds. The van der Waals surface area contributed by atoms with Gasteiger partial charge in [-0.05, 0) is 30.2 Å². The van der Waals surface area contributed by atoms with Gasteiger partial charge >= 0.3 is 0 Å². The number of hydrogen-bond acceptors (Lipinski definition) is 4. The van der Waals surface area contributed by atoms with E-state index in [0.717, 1.165) is 11.1 Å². The Morgan fingerprint density at radius 3 is 2.60 bits per heavy atom. The van der Waals surface area contributed by atoms with Crippen molar-refractivity contribution < 1.29 is 19.1 Å². The minimum atomic E-state index is -0.244. The van der Waals surface area contributed by atoms with Gasteiger partial charge in [0.2, 0.25) is 18.6 Å². The zero-order valence-corrected chi connectivity index (χ0v) is 14.0. The summed E-state index contributed by atoms with van der Waals surface area (Å²) in [4.78, 5) is 23.9. The second-order valence-corrected chi connectivity index (χ2v) is 5.84. The molecule has 25 heavy (non-hydrogen) atoms. The monoisotopic (exact) mass is 340 g/mol. The first kappa shape index (κ1) is 16.8. The van der Waals surface area contributed by atoms with Crippen LogP contribution in [-0.4, -0.2) is 25.2 Å². The molecule has 1 heterocycles. The van der Waals surface area contributed by atoms with Gasteiger partial charge in [0.15, 0.2) is 11.5 Å². The lowest BCUT2D eigenvalue weighted by atomic mass is 10.1. The normalized spacial score (nSPS) is 13.2. The van der Waals surface area contributed by atoms with E-state index < -0.39 is 0 Å². The summed E-state index contributed by atoms with van der Waals surface area (Å²) in [6, 6.07) is 14.8. The molecule has 2 aromatic rings. The van der Waals surface area contributed by atoms with Gasteiger partial charge in [-0.3, -0.25) is 9.59 Å². The predicted octanol–water partition coefficient (Wildman–Crippen LogP) is 1.95. The van der Waals surface area contributed by atoms with Gasteiger partial charge in [0, 0.05) is 0 Å². The molecular formula is C19H20N2O4. The largest absolute Gasteiger partial charge is 0.454 e. The van der Waals surface area contributed by atoms with Gasteiger partial charge in [-0.1, -0.05) is 36.4 Å². The molecule has 6 nitrogen and oxygen atoms in total. The van der Waals surface area contributed by atoms with E-state index in [1.54, 1.807) is 0 Å². The minimum Gasteiger partial charge on any atom is -0.454 e. The van der Waals surface area contributed by atoms with E-state index >= 15 is 0 Å². The molecule has 0 fully saturated rings. The molecule has 130 valence electrons. The van der Waals surface area contributed by atoms with E-state index in [2.05, 4.69) is 10.6 Å². The Morgan fingerprint density at radius 1 is 1.04 bits per heavy atom. The fourth-order valence-electron chi connectivity index (χ4n) is 2.58. The van der Waals surface area contributed by atoms with Crippen LogP contribution >= 0.6 is 0 Å². The van der Waals surface area contributed by atoms with Crippen LogP contribution in [0, 0.1) is 0 Å². The van der Waals surface area contributed by atoms with E-state index in [0.29, 0.717) is 11.5 Å². The highest BCUT2D eigenvalue weighted by molar-refractivity contribution is 5.85. The highest BCUT2D eigenvalue weighted by Crippen LogP contribution is 2.34. The Hall–Kier alpha value is -3.02. The van der Waals surface area contributed by atoms with E-state index in [9.17, 15) is 9.59 Å². The first-order chi connectivity index (χ1) is 12.1. The van der Waals surface area contributed by atoms with E-state index in [4.69, 9.17) is 9.47 Å². The van der Waals surface area contributed by atoms with Gasteiger partial charge in [0.1, 0.15) is 0 Å². The SMILES string of the molecule is CC(NC(=O)CNC(=O)Cc1ccccc1)c1ccc2c(c1)OCO2. The summed E-state index contributed by atoms with van der Waals surface area (Å²) in [5.74, 6) is 0.953. The molecule has 0 saturated carbocycles. The summed E-state index contributed by atoms with van der Waals surface area (Å²) >= 11 is 0. The first-order valence-corrected chi connectivity index (χ1v) is 8.11. The number of fused-ring (bicyclic) bond motifs is 1. The van der Waals surface area contributed by atoms with E-state index in [-0.39, 0.29) is 37.6 Å². The molecule has 1 unspecified atom stereocenters. The highest BCUT2D eigenvalue weighted by Gasteiger charge is 2.17. The fourth-order valence-corrected chi connectivity index (χ4v) is 2.58. The summed E-state index contributed by atoms with van der Waals surface area (Å²) in [7, 11) is 0. The molecule has 3 rings (SSSR count). The fraction of sp³-hybridized carbons (Fsp3) is 0.263. The summed E-state index contributed by atoms with van der Waals surface area (Å²) in [6.45, 7) is 2.04. The van der Waals surface area contributed by atoms with Crippen molar-refractivity contribution in [2.45, 2.75) is 19.4 Å². The molecule has 1 aliphatic rings. The average Bonchev–Trinajstić information content (AvgIpc) is 3.08. The number of ether oxygens (including phenoxy) is 2. The maximum atomic E-state index is 12.0. The molecule has 0 aromatic heterocycles. The Morgan fingerprint density at radius 2 is 1.80 bits per heavy atom. The molecule has 2 aromatic carbocycles. The summed E-state index contributed by atoms with van der Waals surface area (Å²) in [5.41, 5.74) is 1.82. The van der Waals surface area contributed by atoms with Gasteiger partial charge in [0.05, 0.1) is 19.0 Å². The Labute approximate surface area is 146 Å². The maximum Gasteiger partial charge on any atom is 0.239 e. The number of benzene rings is 2. The van der Waals surface area contributed by atoms with Crippen LogP contribution in [0.3, 0.4) is 0 Å². The molecule has 2 N–H and O–H groups in total. The zero-order valence-electron chi connectivity index (χ0n) is 14.0. The molecule has 1 aliphatic heterocycles. The lowest BCUT2D eigenvalue weighted by molar-refractivity contribution is -0.126. The third kappa shape index (κ3) is 4.50. The topological polar surface area (TPSA) is 76.7 Å². The molecule has 0 bridgehead atoms. The predicted molar refractivity (Wildman–Crippen MR) is 92.3 cm³/mol. The highest BCUT2D eigenvalue weighted by atomic mass is 16.7. The lowest BCUT2D eigenvalue weighted by Gasteiger charge is -2.15. The van der Waals surface area contributed by atoms with Crippen molar-refractivity contribution in [2.75, 3.05) is 13.3 Å². The summed E-state index contributed by atoms with van der Waals surface area (Å²) in [6.07, 6.45) is 0.256. The summed E-state index contributed by atoms with van der Waals surface area (Å²) < 4.78 is 10.6. The third-order valence-electron chi connectivity index (χ3n) is 3.93. The Bertz CT molecular complexity index is 761. The smallest absolute Gasteiger partial charge is 0.239 e. The maximum absolute atomic E-state index is 12.0. The third-order valence-corrected chi connectivity index (χ3v) is 3.93. The molecular weight excluding hydrogens is 320 g/mol. The number of carbonyl (C=O) groups excluding carboxylic acids is 2. The Kier molecular flexibility index (Phi) is 5.18. The van der Waals surface area contributed by atoms with Crippen LogP contribution in [0.5, 0.6) is 11.5 Å². The van der Waals surface area contributed by atoms with Gasteiger partial charge in [0.25, 0.3) is 0 Å². The number of amides is 2. The molecule has 0 saturated heterocycles. The van der Waals surface area contributed by atoms with Crippen LogP contribution in [0.15, 0.2) is 48.5 Å². The molecule has 0 spiro atoms. The lowest BCUT2D eigenvalue weighted by Crippen LogP contribution is -2.38. The van der Waals surface area contributed by atoms with Crippen molar-refractivity contribution in [1.82, 2.24) is 10.6 Å². The standard InChI is InChI=1S/C19H20N2O4/c1-13(15-7-8-16-17(10-15)25-12-24-16)21-19(23)11-20-18(22)9-14-5-3-2-4-6-14/h2-8,10,13H,9,11-12H2,1H3,(H,20,22)(H,21,23). The number of hydrogen-bond donors (Lipinski definition) is 2. The second-order valence-electron chi connectivity index (χ2n) is 5.84. The quantitative estimate of drug-likeness (QED) is 0.843. The molecule has 1 atom stereocenters. The molecule has 6 heteroatoms. The van der Waals surface area contributed by atoms with Crippen LogP contribution in [0.25, 0.3) is 0 Å². The zero-order chi connectivity index (χ0) is 17.6. The van der Waals surface area contributed by atoms with Crippen LogP contribution in [0.4, 0.5) is 0 Å².